The zero-order chi connectivity index (χ0) is 23.0. The fourth-order valence-corrected chi connectivity index (χ4v) is 4.38. The van der Waals surface area contributed by atoms with Gasteiger partial charge in [-0.25, -0.2) is 0 Å². The number of para-hydroxylation sites is 1. The number of benzene rings is 3. The molecule has 0 aliphatic heterocycles. The number of rotatable bonds is 5. The number of thiocarbonyl (C=S) groups is 1. The molecule has 4 rings (SSSR count). The average molecular weight is 458 g/mol. The molecule has 1 aliphatic rings. The molecule has 2 amide bonds. The largest absolute Gasteiger partial charge is 0.349 e. The van der Waals surface area contributed by atoms with Gasteiger partial charge in [-0.15, -0.1) is 0 Å². The van der Waals surface area contributed by atoms with Crippen LogP contribution in [0.3, 0.4) is 0 Å². The number of hydrogen-bond acceptors (Lipinski definition) is 3. The van der Waals surface area contributed by atoms with Crippen molar-refractivity contribution in [3.05, 3.63) is 83.9 Å². The summed E-state index contributed by atoms with van der Waals surface area (Å²) in [5.74, 6) is -0.473. The van der Waals surface area contributed by atoms with Gasteiger partial charge < -0.3 is 10.6 Å². The molecule has 0 aromatic heterocycles. The van der Waals surface area contributed by atoms with Crippen LogP contribution in [0, 0.1) is 0 Å². The molecule has 6 heteroatoms. The van der Waals surface area contributed by atoms with Gasteiger partial charge in [0.05, 0.1) is 11.3 Å². The van der Waals surface area contributed by atoms with Crippen molar-refractivity contribution >= 4 is 51.7 Å². The first-order chi connectivity index (χ1) is 16.1. The monoisotopic (exact) mass is 457 g/mol. The molecular weight excluding hydrogens is 430 g/mol. The standard InChI is InChI=1S/C27H27N3O2S/c31-25(18-17-20-11-8-10-19-9-4-5-14-22(19)20)30-27(33)29-24-16-7-6-15-23(24)26(32)28-21-12-2-1-3-13-21/h4-11,14-18,21H,1-3,12-13H2,(H,28,32)(H2,29,30,31,33). The Kier molecular flexibility index (Phi) is 7.47. The molecule has 33 heavy (non-hydrogen) atoms. The minimum atomic E-state index is -0.343. The highest BCUT2D eigenvalue weighted by molar-refractivity contribution is 7.80. The topological polar surface area (TPSA) is 70.2 Å². The van der Waals surface area contributed by atoms with Gasteiger partial charge in [0.1, 0.15) is 0 Å². The third-order valence-electron chi connectivity index (χ3n) is 5.83. The zero-order valence-corrected chi connectivity index (χ0v) is 19.2. The normalized spacial score (nSPS) is 14.2. The lowest BCUT2D eigenvalue weighted by atomic mass is 9.95. The predicted octanol–water partition coefficient (Wildman–Crippen LogP) is 5.43. The smallest absolute Gasteiger partial charge is 0.253 e. The van der Waals surface area contributed by atoms with Gasteiger partial charge in [0.25, 0.3) is 5.91 Å². The molecule has 5 nitrogen and oxygen atoms in total. The van der Waals surface area contributed by atoms with E-state index in [1.165, 1.54) is 12.5 Å². The summed E-state index contributed by atoms with van der Waals surface area (Å²) in [6.07, 6.45) is 8.77. The molecular formula is C27H27N3O2S. The van der Waals surface area contributed by atoms with Crippen molar-refractivity contribution in [1.82, 2.24) is 10.6 Å². The molecule has 1 fully saturated rings. The first kappa shape index (κ1) is 22.7. The summed E-state index contributed by atoms with van der Waals surface area (Å²) in [4.78, 5) is 25.2. The molecule has 3 N–H and O–H groups in total. The van der Waals surface area contributed by atoms with Crippen molar-refractivity contribution in [3.63, 3.8) is 0 Å². The van der Waals surface area contributed by atoms with Crippen molar-refractivity contribution in [2.75, 3.05) is 5.32 Å². The summed E-state index contributed by atoms with van der Waals surface area (Å²) in [6.45, 7) is 0. The van der Waals surface area contributed by atoms with Gasteiger partial charge in [-0.3, -0.25) is 14.9 Å². The van der Waals surface area contributed by atoms with Gasteiger partial charge in [0, 0.05) is 12.1 Å². The van der Waals surface area contributed by atoms with Crippen LogP contribution in [0.25, 0.3) is 16.8 Å². The van der Waals surface area contributed by atoms with Crippen LogP contribution in [-0.2, 0) is 4.79 Å². The highest BCUT2D eigenvalue weighted by Gasteiger charge is 2.18. The van der Waals surface area contributed by atoms with Crippen LogP contribution in [0.2, 0.25) is 0 Å². The summed E-state index contributed by atoms with van der Waals surface area (Å²) in [5, 5.41) is 11.1. The number of hydrogen-bond donors (Lipinski definition) is 3. The van der Waals surface area contributed by atoms with Gasteiger partial charge in [0.2, 0.25) is 5.91 Å². The van der Waals surface area contributed by atoms with E-state index in [2.05, 4.69) is 16.0 Å². The van der Waals surface area contributed by atoms with Crippen LogP contribution in [0.15, 0.2) is 72.8 Å². The van der Waals surface area contributed by atoms with Gasteiger partial charge in [-0.05, 0) is 59.6 Å². The third-order valence-corrected chi connectivity index (χ3v) is 6.04. The van der Waals surface area contributed by atoms with Crippen molar-refractivity contribution in [3.8, 4) is 0 Å². The van der Waals surface area contributed by atoms with E-state index in [0.717, 1.165) is 42.0 Å². The van der Waals surface area contributed by atoms with E-state index in [1.54, 1.807) is 18.2 Å². The Bertz CT molecular complexity index is 1190. The minimum absolute atomic E-state index is 0.130. The molecule has 3 aromatic carbocycles. The highest BCUT2D eigenvalue weighted by atomic mass is 32.1. The molecule has 0 atom stereocenters. The molecule has 0 saturated heterocycles. The minimum Gasteiger partial charge on any atom is -0.349 e. The number of nitrogens with one attached hydrogen (secondary N) is 3. The van der Waals surface area contributed by atoms with Crippen LogP contribution in [0.1, 0.15) is 48.0 Å². The van der Waals surface area contributed by atoms with E-state index in [0.29, 0.717) is 11.3 Å². The summed E-state index contributed by atoms with van der Waals surface area (Å²) >= 11 is 5.32. The predicted molar refractivity (Wildman–Crippen MR) is 138 cm³/mol. The number of carbonyl (C=O) groups excluding carboxylic acids is 2. The Morgan fingerprint density at radius 3 is 2.45 bits per heavy atom. The first-order valence-electron chi connectivity index (χ1n) is 11.3. The fourth-order valence-electron chi connectivity index (χ4n) is 4.17. The van der Waals surface area contributed by atoms with E-state index < -0.39 is 0 Å². The number of carbonyl (C=O) groups is 2. The second-order valence-corrected chi connectivity index (χ2v) is 8.61. The molecule has 1 saturated carbocycles. The molecule has 0 unspecified atom stereocenters. The van der Waals surface area contributed by atoms with E-state index >= 15 is 0 Å². The third kappa shape index (κ3) is 6.05. The number of anilines is 1. The first-order valence-corrected chi connectivity index (χ1v) is 11.7. The highest BCUT2D eigenvalue weighted by Crippen LogP contribution is 2.21. The van der Waals surface area contributed by atoms with Crippen molar-refractivity contribution < 1.29 is 9.59 Å². The second kappa shape index (κ2) is 10.9. The Balaban J connectivity index is 1.38. The summed E-state index contributed by atoms with van der Waals surface area (Å²) < 4.78 is 0. The molecule has 0 bridgehead atoms. The molecule has 0 heterocycles. The molecule has 3 aromatic rings. The number of amides is 2. The van der Waals surface area contributed by atoms with Crippen LogP contribution in [0.4, 0.5) is 5.69 Å². The van der Waals surface area contributed by atoms with Crippen LogP contribution < -0.4 is 16.0 Å². The maximum absolute atomic E-state index is 12.8. The van der Waals surface area contributed by atoms with Crippen LogP contribution in [0.5, 0.6) is 0 Å². The molecule has 0 radical (unpaired) electrons. The van der Waals surface area contributed by atoms with Crippen molar-refractivity contribution in [2.45, 2.75) is 38.1 Å². The second-order valence-electron chi connectivity index (χ2n) is 8.20. The van der Waals surface area contributed by atoms with Gasteiger partial charge in [-0.2, -0.15) is 0 Å². The van der Waals surface area contributed by atoms with Crippen LogP contribution >= 0.6 is 12.2 Å². The van der Waals surface area contributed by atoms with Gasteiger partial charge >= 0.3 is 0 Å². The quantitative estimate of drug-likeness (QED) is 0.353. The molecule has 168 valence electrons. The summed E-state index contributed by atoms with van der Waals surface area (Å²) in [6, 6.07) is 21.4. The lowest BCUT2D eigenvalue weighted by Gasteiger charge is -2.23. The van der Waals surface area contributed by atoms with Crippen molar-refractivity contribution in [2.24, 2.45) is 0 Å². The maximum atomic E-state index is 12.8. The Hall–Kier alpha value is -3.51. The SMILES string of the molecule is O=C(C=Cc1cccc2ccccc12)NC(=S)Nc1ccccc1C(=O)NC1CCCCC1. The Morgan fingerprint density at radius 2 is 1.61 bits per heavy atom. The van der Waals surface area contributed by atoms with Gasteiger partial charge in [0.15, 0.2) is 5.11 Å². The lowest BCUT2D eigenvalue weighted by Crippen LogP contribution is -2.37. The lowest BCUT2D eigenvalue weighted by molar-refractivity contribution is -0.115. The van der Waals surface area contributed by atoms with Gasteiger partial charge in [-0.1, -0.05) is 73.9 Å². The van der Waals surface area contributed by atoms with E-state index in [9.17, 15) is 9.59 Å². The van der Waals surface area contributed by atoms with Crippen molar-refractivity contribution in [1.29, 1.82) is 0 Å². The molecule has 0 spiro atoms. The van der Waals surface area contributed by atoms with E-state index in [1.807, 2.05) is 54.6 Å². The van der Waals surface area contributed by atoms with Crippen LogP contribution in [-0.4, -0.2) is 23.0 Å². The zero-order valence-electron chi connectivity index (χ0n) is 18.3. The average Bonchev–Trinajstić information content (AvgIpc) is 2.83. The van der Waals surface area contributed by atoms with E-state index in [-0.39, 0.29) is 23.0 Å². The number of fused-ring (bicyclic) bond motifs is 1. The van der Waals surface area contributed by atoms with E-state index in [4.69, 9.17) is 12.2 Å². The Morgan fingerprint density at radius 1 is 0.879 bits per heavy atom. The summed E-state index contributed by atoms with van der Waals surface area (Å²) in [7, 11) is 0. The maximum Gasteiger partial charge on any atom is 0.253 e. The molecule has 1 aliphatic carbocycles. The summed E-state index contributed by atoms with van der Waals surface area (Å²) in [5.41, 5.74) is 2.02. The fraction of sp³-hybridized carbons (Fsp3) is 0.222. The Labute approximate surface area is 199 Å².